The Labute approximate surface area is 199 Å². The molecular weight excluding hydrogens is 473 g/mol. The van der Waals surface area contributed by atoms with Crippen LogP contribution in [0.25, 0.3) is 5.57 Å². The van der Waals surface area contributed by atoms with Crippen LogP contribution in [-0.4, -0.2) is 22.9 Å². The molecular formula is C24H21ClF3N2O4-. The Bertz CT molecular complexity index is 1210. The molecule has 34 heavy (non-hydrogen) atoms. The highest BCUT2D eigenvalue weighted by atomic mass is 35.5. The number of hydrogen-bond acceptors (Lipinski definition) is 5. The highest BCUT2D eigenvalue weighted by molar-refractivity contribution is 6.17. The molecule has 0 saturated heterocycles. The van der Waals surface area contributed by atoms with Crippen LogP contribution in [-0.2, 0) is 34.7 Å². The van der Waals surface area contributed by atoms with E-state index in [1.807, 2.05) is 0 Å². The van der Waals surface area contributed by atoms with Gasteiger partial charge in [0, 0.05) is 11.1 Å². The smallest absolute Gasteiger partial charge is 0.416 e. The van der Waals surface area contributed by atoms with Crippen LogP contribution in [0.2, 0.25) is 0 Å². The Kier molecular flexibility index (Phi) is 7.88. The van der Waals surface area contributed by atoms with Crippen molar-refractivity contribution in [2.24, 2.45) is 0 Å². The number of carboxylic acids is 1. The number of methoxy groups -OCH3 is 1. The minimum atomic E-state index is -4.45. The van der Waals surface area contributed by atoms with Crippen molar-refractivity contribution in [3.63, 3.8) is 0 Å². The second-order valence-electron chi connectivity index (χ2n) is 7.37. The van der Waals surface area contributed by atoms with Crippen LogP contribution < -0.4 is 9.84 Å². The summed E-state index contributed by atoms with van der Waals surface area (Å²) in [5.74, 6) is -1.09. The summed E-state index contributed by atoms with van der Waals surface area (Å²) in [6.07, 6.45) is -3.37. The maximum atomic E-state index is 13.1. The van der Waals surface area contributed by atoms with E-state index in [2.05, 4.69) is 5.10 Å². The van der Waals surface area contributed by atoms with Gasteiger partial charge in [0.1, 0.15) is 6.61 Å². The summed E-state index contributed by atoms with van der Waals surface area (Å²) < 4.78 is 51.4. The van der Waals surface area contributed by atoms with Gasteiger partial charge in [0.15, 0.2) is 0 Å². The first-order chi connectivity index (χ1) is 16.2. The first-order valence-electron chi connectivity index (χ1n) is 10.1. The largest absolute Gasteiger partial charge is 0.545 e. The summed E-state index contributed by atoms with van der Waals surface area (Å²) in [4.78, 5) is 11.5. The zero-order chi connectivity index (χ0) is 24.9. The molecule has 0 atom stereocenters. The van der Waals surface area contributed by atoms with Gasteiger partial charge < -0.3 is 19.4 Å². The minimum absolute atomic E-state index is 0.0202. The van der Waals surface area contributed by atoms with Crippen molar-refractivity contribution in [3.05, 3.63) is 88.3 Å². The Balaban J connectivity index is 1.86. The van der Waals surface area contributed by atoms with Gasteiger partial charge >= 0.3 is 6.18 Å². The van der Waals surface area contributed by atoms with Gasteiger partial charge in [-0.1, -0.05) is 36.4 Å². The lowest BCUT2D eigenvalue weighted by molar-refractivity contribution is -0.295. The zero-order valence-electron chi connectivity index (χ0n) is 18.4. The van der Waals surface area contributed by atoms with E-state index in [4.69, 9.17) is 21.1 Å². The number of benzene rings is 2. The topological polar surface area (TPSA) is 76.4 Å². The number of aromatic nitrogens is 2. The molecule has 180 valence electrons. The quantitative estimate of drug-likeness (QED) is 0.252. The number of rotatable bonds is 9. The average molecular weight is 494 g/mol. The summed E-state index contributed by atoms with van der Waals surface area (Å²) >= 11 is 6.08. The second-order valence-corrected chi connectivity index (χ2v) is 7.63. The third-order valence-corrected chi connectivity index (χ3v) is 5.37. The van der Waals surface area contributed by atoms with Crippen LogP contribution in [0, 0.1) is 6.92 Å². The van der Waals surface area contributed by atoms with Gasteiger partial charge in [0.25, 0.3) is 0 Å². The van der Waals surface area contributed by atoms with Crippen molar-refractivity contribution in [2.45, 2.75) is 32.1 Å². The van der Waals surface area contributed by atoms with E-state index in [0.29, 0.717) is 27.9 Å². The summed E-state index contributed by atoms with van der Waals surface area (Å²) in [5.41, 5.74) is 1.65. The van der Waals surface area contributed by atoms with E-state index in [1.54, 1.807) is 37.3 Å². The first kappa shape index (κ1) is 25.2. The summed E-state index contributed by atoms with van der Waals surface area (Å²) in [7, 11) is 1.33. The van der Waals surface area contributed by atoms with E-state index in [9.17, 15) is 23.1 Å². The first-order valence-corrected chi connectivity index (χ1v) is 10.6. The number of aliphatic carboxylic acids is 1. The standard InChI is InChI=1S/C24H22ClF3N2O4/c1-15-21(11-25)30(12-16-6-5-8-18(10-16)24(26,27)28)29-22(15)34-13-17-7-3-4-9-19(17)20(14-33-2)23(31)32/h3-10,14H,11-13H2,1-2H3,(H,31,32)/p-1/b20-14+. The molecule has 6 nitrogen and oxygen atoms in total. The van der Waals surface area contributed by atoms with Gasteiger partial charge in [-0.15, -0.1) is 16.7 Å². The van der Waals surface area contributed by atoms with Gasteiger partial charge in [0.05, 0.1) is 43.0 Å². The van der Waals surface area contributed by atoms with Gasteiger partial charge in [-0.3, -0.25) is 4.68 Å². The number of carbonyl (C=O) groups is 1. The molecule has 1 heterocycles. The zero-order valence-corrected chi connectivity index (χ0v) is 19.1. The molecule has 0 amide bonds. The Morgan fingerprint density at radius 1 is 1.21 bits per heavy atom. The van der Waals surface area contributed by atoms with E-state index in [1.165, 1.54) is 17.9 Å². The number of nitrogens with zero attached hydrogens (tertiary/aromatic N) is 2. The number of ether oxygens (including phenoxy) is 2. The average Bonchev–Trinajstić information content (AvgIpc) is 3.09. The predicted octanol–water partition coefficient (Wildman–Crippen LogP) is 4.31. The lowest BCUT2D eigenvalue weighted by Gasteiger charge is -2.14. The van der Waals surface area contributed by atoms with E-state index >= 15 is 0 Å². The number of halogens is 4. The lowest BCUT2D eigenvalue weighted by Crippen LogP contribution is -2.24. The van der Waals surface area contributed by atoms with Gasteiger partial charge in [-0.2, -0.15) is 13.2 Å². The molecule has 3 aromatic rings. The molecule has 0 bridgehead atoms. The van der Waals surface area contributed by atoms with Gasteiger partial charge in [0.2, 0.25) is 5.88 Å². The Morgan fingerprint density at radius 2 is 1.94 bits per heavy atom. The SMILES string of the molecule is CO/C=C(/C(=O)[O-])c1ccccc1COc1nn(Cc2cccc(C(F)(F)F)c2)c(CCl)c1C. The fraction of sp³-hybridized carbons (Fsp3) is 0.250. The lowest BCUT2D eigenvalue weighted by atomic mass is 10.0. The van der Waals surface area contributed by atoms with Crippen LogP contribution >= 0.6 is 11.6 Å². The molecule has 0 radical (unpaired) electrons. The predicted molar refractivity (Wildman–Crippen MR) is 118 cm³/mol. The number of carboxylic acid groups (broad SMARTS) is 1. The minimum Gasteiger partial charge on any atom is -0.545 e. The Hall–Kier alpha value is -3.46. The van der Waals surface area contributed by atoms with Crippen LogP contribution in [0.1, 0.15) is 33.5 Å². The Morgan fingerprint density at radius 3 is 2.59 bits per heavy atom. The van der Waals surface area contributed by atoms with Crippen molar-refractivity contribution in [2.75, 3.05) is 7.11 Å². The fourth-order valence-electron chi connectivity index (χ4n) is 3.41. The van der Waals surface area contributed by atoms with E-state index in [-0.39, 0.29) is 30.5 Å². The molecule has 1 aromatic heterocycles. The fourth-order valence-corrected chi connectivity index (χ4v) is 3.75. The third-order valence-electron chi connectivity index (χ3n) is 5.12. The molecule has 2 aromatic carbocycles. The normalized spacial score (nSPS) is 12.0. The summed E-state index contributed by atoms with van der Waals surface area (Å²) in [6.45, 7) is 1.79. The van der Waals surface area contributed by atoms with E-state index < -0.39 is 17.7 Å². The van der Waals surface area contributed by atoms with Gasteiger partial charge in [-0.05, 0) is 35.7 Å². The molecule has 0 aliphatic heterocycles. The molecule has 10 heteroatoms. The van der Waals surface area contributed by atoms with E-state index in [0.717, 1.165) is 18.4 Å². The van der Waals surface area contributed by atoms with Crippen LogP contribution in [0.3, 0.4) is 0 Å². The van der Waals surface area contributed by atoms with Crippen molar-refractivity contribution in [3.8, 4) is 5.88 Å². The maximum Gasteiger partial charge on any atom is 0.416 e. The van der Waals surface area contributed by atoms with Crippen molar-refractivity contribution in [1.29, 1.82) is 0 Å². The summed E-state index contributed by atoms with van der Waals surface area (Å²) in [5, 5.41) is 15.9. The van der Waals surface area contributed by atoms with Crippen LogP contribution in [0.15, 0.2) is 54.8 Å². The molecule has 0 saturated carbocycles. The van der Waals surface area contributed by atoms with Gasteiger partial charge in [-0.25, -0.2) is 0 Å². The molecule has 0 fully saturated rings. The molecule has 0 unspecified atom stereocenters. The highest BCUT2D eigenvalue weighted by Crippen LogP contribution is 2.30. The second kappa shape index (κ2) is 10.6. The van der Waals surface area contributed by atoms with Crippen LogP contribution in [0.4, 0.5) is 13.2 Å². The van der Waals surface area contributed by atoms with Crippen LogP contribution in [0.5, 0.6) is 5.88 Å². The monoisotopic (exact) mass is 493 g/mol. The third kappa shape index (κ3) is 5.72. The number of hydrogen-bond donors (Lipinski definition) is 0. The highest BCUT2D eigenvalue weighted by Gasteiger charge is 2.30. The molecule has 0 aliphatic carbocycles. The molecule has 0 N–H and O–H groups in total. The summed E-state index contributed by atoms with van der Waals surface area (Å²) in [6, 6.07) is 11.7. The van der Waals surface area contributed by atoms with Crippen molar-refractivity contribution in [1.82, 2.24) is 9.78 Å². The number of alkyl halides is 4. The molecule has 0 aliphatic rings. The molecule has 0 spiro atoms. The maximum absolute atomic E-state index is 13.1. The molecule has 3 rings (SSSR count). The number of carbonyl (C=O) groups excluding carboxylic acids is 1. The van der Waals surface area contributed by atoms with Crippen molar-refractivity contribution >= 4 is 23.1 Å². The van der Waals surface area contributed by atoms with Crippen molar-refractivity contribution < 1.29 is 32.5 Å².